The molecule has 0 radical (unpaired) electrons. The predicted octanol–water partition coefficient (Wildman–Crippen LogP) is 3.32. The fraction of sp³-hybridized carbons (Fsp3) is 0.0769. The molecule has 1 N–H and O–H groups in total. The number of carbonyl (C=O) groups is 1. The van der Waals surface area contributed by atoms with Crippen LogP contribution in [0.4, 0.5) is 4.39 Å². The van der Waals surface area contributed by atoms with Gasteiger partial charge in [-0.1, -0.05) is 6.07 Å². The van der Waals surface area contributed by atoms with Crippen LogP contribution >= 0.6 is 11.6 Å². The fourth-order valence-corrected chi connectivity index (χ4v) is 1.73. The molecule has 0 aliphatic rings. The van der Waals surface area contributed by atoms with Crippen LogP contribution in [0, 0.1) is 5.82 Å². The number of rotatable bonds is 3. The third-order valence-corrected chi connectivity index (χ3v) is 2.79. The Kier molecular flexibility index (Phi) is 3.58. The number of alkyl halides is 1. The summed E-state index contributed by atoms with van der Waals surface area (Å²) in [5.41, 5.74) is 1.75. The molecule has 0 amide bonds. The van der Waals surface area contributed by atoms with Crippen LogP contribution in [0.1, 0.15) is 15.9 Å². The first-order chi connectivity index (χ1) is 8.61. The average Bonchev–Trinajstić information content (AvgIpc) is 2.39. The predicted molar refractivity (Wildman–Crippen MR) is 66.1 cm³/mol. The zero-order valence-electron chi connectivity index (χ0n) is 9.23. The van der Waals surface area contributed by atoms with Gasteiger partial charge in [0.1, 0.15) is 5.82 Å². The number of carboxylic acids is 1. The Morgan fingerprint density at radius 3 is 2.72 bits per heavy atom. The SMILES string of the molecule is O=C(O)c1cc(-c2cncc(CCl)c2)ccc1F. The Morgan fingerprint density at radius 2 is 2.06 bits per heavy atom. The number of pyridine rings is 1. The topological polar surface area (TPSA) is 50.2 Å². The lowest BCUT2D eigenvalue weighted by atomic mass is 10.0. The number of benzene rings is 1. The molecule has 0 unspecified atom stereocenters. The minimum atomic E-state index is -1.30. The molecule has 0 aliphatic carbocycles. The van der Waals surface area contributed by atoms with E-state index < -0.39 is 11.8 Å². The molecule has 2 aromatic rings. The summed E-state index contributed by atoms with van der Waals surface area (Å²) in [6.45, 7) is 0. The summed E-state index contributed by atoms with van der Waals surface area (Å²) in [5, 5.41) is 8.86. The molecule has 5 heteroatoms. The van der Waals surface area contributed by atoms with Crippen LogP contribution in [0.3, 0.4) is 0 Å². The van der Waals surface area contributed by atoms with E-state index in [0.717, 1.165) is 11.6 Å². The maximum atomic E-state index is 13.3. The van der Waals surface area contributed by atoms with E-state index in [4.69, 9.17) is 16.7 Å². The van der Waals surface area contributed by atoms with Crippen LogP contribution in [0.25, 0.3) is 11.1 Å². The molecular weight excluding hydrogens is 257 g/mol. The van der Waals surface area contributed by atoms with Crippen LogP contribution in [0.15, 0.2) is 36.7 Å². The second kappa shape index (κ2) is 5.14. The third-order valence-electron chi connectivity index (χ3n) is 2.48. The first-order valence-electron chi connectivity index (χ1n) is 5.15. The average molecular weight is 266 g/mol. The second-order valence-electron chi connectivity index (χ2n) is 3.72. The van der Waals surface area contributed by atoms with Crippen LogP contribution in [-0.2, 0) is 5.88 Å². The Balaban J connectivity index is 2.50. The van der Waals surface area contributed by atoms with Crippen LogP contribution in [-0.4, -0.2) is 16.1 Å². The lowest BCUT2D eigenvalue weighted by molar-refractivity contribution is 0.0692. The monoisotopic (exact) mass is 265 g/mol. The first kappa shape index (κ1) is 12.5. The molecular formula is C13H9ClFNO2. The number of hydrogen-bond acceptors (Lipinski definition) is 2. The van der Waals surface area contributed by atoms with Crippen molar-refractivity contribution in [2.45, 2.75) is 5.88 Å². The molecule has 0 saturated heterocycles. The second-order valence-corrected chi connectivity index (χ2v) is 3.98. The van der Waals surface area contributed by atoms with Gasteiger partial charge in [0.25, 0.3) is 0 Å². The zero-order chi connectivity index (χ0) is 13.1. The molecule has 18 heavy (non-hydrogen) atoms. The third kappa shape index (κ3) is 2.49. The van der Waals surface area contributed by atoms with E-state index in [1.807, 2.05) is 0 Å². The lowest BCUT2D eigenvalue weighted by Crippen LogP contribution is -2.00. The van der Waals surface area contributed by atoms with Gasteiger partial charge >= 0.3 is 5.97 Å². The minimum Gasteiger partial charge on any atom is -0.478 e. The van der Waals surface area contributed by atoms with Crippen molar-refractivity contribution in [3.8, 4) is 11.1 Å². The van der Waals surface area contributed by atoms with Gasteiger partial charge in [-0.15, -0.1) is 11.6 Å². The van der Waals surface area contributed by atoms with Gasteiger partial charge < -0.3 is 5.11 Å². The van der Waals surface area contributed by atoms with Crippen molar-refractivity contribution >= 4 is 17.6 Å². The summed E-state index contributed by atoms with van der Waals surface area (Å²) in [6, 6.07) is 5.72. The minimum absolute atomic E-state index is 0.313. The highest BCUT2D eigenvalue weighted by atomic mass is 35.5. The highest BCUT2D eigenvalue weighted by Gasteiger charge is 2.11. The van der Waals surface area contributed by atoms with Gasteiger partial charge in [-0.05, 0) is 29.3 Å². The van der Waals surface area contributed by atoms with Gasteiger partial charge in [-0.3, -0.25) is 4.98 Å². The van der Waals surface area contributed by atoms with E-state index in [9.17, 15) is 9.18 Å². The first-order valence-corrected chi connectivity index (χ1v) is 5.68. The molecule has 2 rings (SSSR count). The standard InChI is InChI=1S/C13H9ClFNO2/c14-5-8-3-10(7-16-6-8)9-1-2-12(15)11(4-9)13(17)18/h1-4,6-7H,5H2,(H,17,18). The van der Waals surface area contributed by atoms with Crippen molar-refractivity contribution in [1.82, 2.24) is 4.98 Å². The van der Waals surface area contributed by atoms with Crippen molar-refractivity contribution in [2.75, 3.05) is 0 Å². The number of nitrogens with zero attached hydrogens (tertiary/aromatic N) is 1. The Labute approximate surface area is 108 Å². The maximum absolute atomic E-state index is 13.3. The number of aromatic nitrogens is 1. The molecule has 3 nitrogen and oxygen atoms in total. The van der Waals surface area contributed by atoms with Crippen LogP contribution in [0.2, 0.25) is 0 Å². The van der Waals surface area contributed by atoms with Gasteiger partial charge in [0, 0.05) is 23.8 Å². The molecule has 0 aliphatic heterocycles. The normalized spacial score (nSPS) is 10.3. The van der Waals surface area contributed by atoms with Crippen molar-refractivity contribution in [3.63, 3.8) is 0 Å². The van der Waals surface area contributed by atoms with E-state index in [0.29, 0.717) is 17.0 Å². The molecule has 0 spiro atoms. The summed E-state index contributed by atoms with van der Waals surface area (Å²) < 4.78 is 13.3. The van der Waals surface area contributed by atoms with Gasteiger partial charge in [0.2, 0.25) is 0 Å². The summed E-state index contributed by atoms with van der Waals surface area (Å²) in [6.07, 6.45) is 3.20. The molecule has 92 valence electrons. The zero-order valence-corrected chi connectivity index (χ0v) is 9.99. The summed E-state index contributed by atoms with van der Waals surface area (Å²) in [5.74, 6) is -1.74. The van der Waals surface area contributed by atoms with E-state index in [-0.39, 0.29) is 5.56 Å². The van der Waals surface area contributed by atoms with E-state index >= 15 is 0 Å². The van der Waals surface area contributed by atoms with Crippen LogP contribution < -0.4 is 0 Å². The molecule has 1 aromatic heterocycles. The molecule has 0 atom stereocenters. The smallest absolute Gasteiger partial charge is 0.338 e. The molecule has 0 fully saturated rings. The molecule has 0 bridgehead atoms. The Morgan fingerprint density at radius 1 is 1.28 bits per heavy atom. The van der Waals surface area contributed by atoms with Crippen molar-refractivity contribution in [1.29, 1.82) is 0 Å². The Bertz CT molecular complexity index is 601. The maximum Gasteiger partial charge on any atom is 0.338 e. The van der Waals surface area contributed by atoms with E-state index in [1.54, 1.807) is 18.5 Å². The fourth-order valence-electron chi connectivity index (χ4n) is 1.59. The van der Waals surface area contributed by atoms with Gasteiger partial charge in [0.15, 0.2) is 0 Å². The Hall–Kier alpha value is -1.94. The highest BCUT2D eigenvalue weighted by molar-refractivity contribution is 6.17. The number of carboxylic acid groups (broad SMARTS) is 1. The summed E-state index contributed by atoms with van der Waals surface area (Å²) in [7, 11) is 0. The number of halogens is 2. The van der Waals surface area contributed by atoms with Crippen molar-refractivity contribution in [2.24, 2.45) is 0 Å². The molecule has 1 aromatic carbocycles. The van der Waals surface area contributed by atoms with Crippen molar-refractivity contribution in [3.05, 3.63) is 53.6 Å². The van der Waals surface area contributed by atoms with Crippen LogP contribution in [0.5, 0.6) is 0 Å². The number of hydrogen-bond donors (Lipinski definition) is 1. The van der Waals surface area contributed by atoms with Gasteiger partial charge in [-0.2, -0.15) is 0 Å². The summed E-state index contributed by atoms with van der Waals surface area (Å²) in [4.78, 5) is 14.9. The number of aromatic carboxylic acids is 1. The molecule has 0 saturated carbocycles. The van der Waals surface area contributed by atoms with E-state index in [1.165, 1.54) is 12.1 Å². The summed E-state index contributed by atoms with van der Waals surface area (Å²) >= 11 is 5.70. The lowest BCUT2D eigenvalue weighted by Gasteiger charge is -2.05. The molecule has 1 heterocycles. The van der Waals surface area contributed by atoms with Gasteiger partial charge in [-0.25, -0.2) is 9.18 Å². The highest BCUT2D eigenvalue weighted by Crippen LogP contribution is 2.22. The van der Waals surface area contributed by atoms with Crippen molar-refractivity contribution < 1.29 is 14.3 Å². The largest absolute Gasteiger partial charge is 0.478 e. The quantitative estimate of drug-likeness (QED) is 0.866. The van der Waals surface area contributed by atoms with E-state index in [2.05, 4.69) is 4.98 Å². The van der Waals surface area contributed by atoms with Gasteiger partial charge in [0.05, 0.1) is 5.56 Å².